The lowest BCUT2D eigenvalue weighted by atomic mass is 10.0. The monoisotopic (exact) mass is 205 g/mol. The van der Waals surface area contributed by atoms with E-state index in [0.717, 1.165) is 18.1 Å². The van der Waals surface area contributed by atoms with Crippen LogP contribution in [0.15, 0.2) is 24.3 Å². The minimum Gasteiger partial charge on any atom is -0.497 e. The molecular weight excluding hydrogens is 186 g/mol. The van der Waals surface area contributed by atoms with Gasteiger partial charge >= 0.3 is 0 Å². The molecule has 15 heavy (non-hydrogen) atoms. The molecule has 1 aliphatic rings. The Kier molecular flexibility index (Phi) is 3.27. The number of methoxy groups -OCH3 is 1. The Morgan fingerprint density at radius 1 is 1.47 bits per heavy atom. The van der Waals surface area contributed by atoms with E-state index in [1.165, 1.54) is 24.8 Å². The lowest BCUT2D eigenvalue weighted by molar-refractivity contribution is 0.413. The molecule has 0 heterocycles. The summed E-state index contributed by atoms with van der Waals surface area (Å²) in [6.45, 7) is 0. The van der Waals surface area contributed by atoms with Gasteiger partial charge in [-0.25, -0.2) is 0 Å². The van der Waals surface area contributed by atoms with Gasteiger partial charge in [0, 0.05) is 6.04 Å². The van der Waals surface area contributed by atoms with Crippen LogP contribution in [0.3, 0.4) is 0 Å². The summed E-state index contributed by atoms with van der Waals surface area (Å²) < 4.78 is 5.19. The van der Waals surface area contributed by atoms with Gasteiger partial charge in [-0.15, -0.1) is 0 Å². The molecule has 2 rings (SSSR count). The number of hydrogen-bond acceptors (Lipinski definition) is 2. The van der Waals surface area contributed by atoms with E-state index in [2.05, 4.69) is 6.07 Å². The third-order valence-electron chi connectivity index (χ3n) is 3.10. The van der Waals surface area contributed by atoms with Gasteiger partial charge in [0.25, 0.3) is 0 Å². The molecule has 0 spiro atoms. The maximum atomic E-state index is 6.14. The summed E-state index contributed by atoms with van der Waals surface area (Å²) in [6.07, 6.45) is 5.19. The van der Waals surface area contributed by atoms with Gasteiger partial charge in [0.05, 0.1) is 7.11 Å². The minimum absolute atomic E-state index is 0.167. The smallest absolute Gasteiger partial charge is 0.119 e. The number of hydrogen-bond donors (Lipinski definition) is 1. The quantitative estimate of drug-likeness (QED) is 0.802. The van der Waals surface area contributed by atoms with Gasteiger partial charge in [-0.05, 0) is 36.5 Å². The van der Waals surface area contributed by atoms with Gasteiger partial charge in [0.15, 0.2) is 0 Å². The van der Waals surface area contributed by atoms with Crippen LogP contribution in [0.5, 0.6) is 5.75 Å². The van der Waals surface area contributed by atoms with Gasteiger partial charge in [-0.2, -0.15) is 0 Å². The zero-order valence-electron chi connectivity index (χ0n) is 9.28. The first-order chi connectivity index (χ1) is 7.29. The Balaban J connectivity index is 1.93. The molecule has 0 aliphatic heterocycles. The van der Waals surface area contributed by atoms with E-state index in [9.17, 15) is 0 Å². The molecule has 0 saturated heterocycles. The highest BCUT2D eigenvalue weighted by molar-refractivity contribution is 5.30. The predicted molar refractivity (Wildman–Crippen MR) is 61.9 cm³/mol. The van der Waals surface area contributed by atoms with E-state index in [1.807, 2.05) is 18.2 Å². The number of ether oxygens (including phenoxy) is 1. The average Bonchev–Trinajstić information content (AvgIpc) is 3.10. The number of nitrogens with two attached hydrogens (primary N) is 1. The van der Waals surface area contributed by atoms with Crippen LogP contribution in [-0.4, -0.2) is 7.11 Å². The fourth-order valence-corrected chi connectivity index (χ4v) is 1.86. The van der Waals surface area contributed by atoms with Crippen LogP contribution in [0, 0.1) is 5.92 Å². The lowest BCUT2D eigenvalue weighted by Gasteiger charge is -2.12. The third-order valence-corrected chi connectivity index (χ3v) is 3.10. The maximum Gasteiger partial charge on any atom is 0.119 e. The lowest BCUT2D eigenvalue weighted by Crippen LogP contribution is -2.10. The Morgan fingerprint density at radius 2 is 2.27 bits per heavy atom. The molecule has 1 atom stereocenters. The van der Waals surface area contributed by atoms with Crippen molar-refractivity contribution in [3.63, 3.8) is 0 Å². The maximum absolute atomic E-state index is 6.14. The van der Waals surface area contributed by atoms with E-state index >= 15 is 0 Å². The van der Waals surface area contributed by atoms with Crippen LogP contribution in [-0.2, 0) is 0 Å². The molecule has 1 saturated carbocycles. The van der Waals surface area contributed by atoms with Gasteiger partial charge < -0.3 is 10.5 Å². The summed E-state index contributed by atoms with van der Waals surface area (Å²) in [7, 11) is 1.69. The average molecular weight is 205 g/mol. The van der Waals surface area contributed by atoms with Crippen molar-refractivity contribution in [1.29, 1.82) is 0 Å². The van der Waals surface area contributed by atoms with Crippen molar-refractivity contribution >= 4 is 0 Å². The highest BCUT2D eigenvalue weighted by Gasteiger charge is 2.21. The Hall–Kier alpha value is -1.02. The molecule has 0 amide bonds. The number of rotatable bonds is 5. The summed E-state index contributed by atoms with van der Waals surface area (Å²) in [6, 6.07) is 8.25. The van der Waals surface area contributed by atoms with Gasteiger partial charge in [-0.1, -0.05) is 25.0 Å². The van der Waals surface area contributed by atoms with Crippen LogP contribution in [0.4, 0.5) is 0 Å². The highest BCUT2D eigenvalue weighted by atomic mass is 16.5. The van der Waals surface area contributed by atoms with E-state index < -0.39 is 0 Å². The van der Waals surface area contributed by atoms with Crippen molar-refractivity contribution in [2.45, 2.75) is 31.7 Å². The first-order valence-corrected chi connectivity index (χ1v) is 5.69. The van der Waals surface area contributed by atoms with E-state index in [0.29, 0.717) is 0 Å². The minimum atomic E-state index is 0.167. The zero-order valence-corrected chi connectivity index (χ0v) is 9.28. The molecule has 2 heteroatoms. The van der Waals surface area contributed by atoms with E-state index in [1.54, 1.807) is 7.11 Å². The van der Waals surface area contributed by atoms with E-state index in [4.69, 9.17) is 10.5 Å². The van der Waals surface area contributed by atoms with Crippen molar-refractivity contribution in [2.24, 2.45) is 11.7 Å². The van der Waals surface area contributed by atoms with Crippen LogP contribution in [0.2, 0.25) is 0 Å². The normalized spacial score (nSPS) is 17.5. The van der Waals surface area contributed by atoms with Crippen molar-refractivity contribution in [2.75, 3.05) is 7.11 Å². The topological polar surface area (TPSA) is 35.2 Å². The first kappa shape index (κ1) is 10.5. The fraction of sp³-hybridized carbons (Fsp3) is 0.538. The molecule has 82 valence electrons. The molecule has 1 aromatic carbocycles. The third kappa shape index (κ3) is 2.96. The SMILES string of the molecule is COc1cccc(C(N)CCC2CC2)c1. The van der Waals surface area contributed by atoms with E-state index in [-0.39, 0.29) is 6.04 Å². The predicted octanol–water partition coefficient (Wildman–Crippen LogP) is 2.89. The Morgan fingerprint density at radius 3 is 2.93 bits per heavy atom. The summed E-state index contributed by atoms with van der Waals surface area (Å²) in [5.74, 6) is 1.86. The first-order valence-electron chi connectivity index (χ1n) is 5.69. The summed E-state index contributed by atoms with van der Waals surface area (Å²) >= 11 is 0. The fourth-order valence-electron chi connectivity index (χ4n) is 1.86. The van der Waals surface area contributed by atoms with Crippen LogP contribution >= 0.6 is 0 Å². The molecule has 0 radical (unpaired) electrons. The standard InChI is InChI=1S/C13H19NO/c1-15-12-4-2-3-11(9-12)13(14)8-7-10-5-6-10/h2-4,9-10,13H,5-8,14H2,1H3. The molecular formula is C13H19NO. The van der Waals surface area contributed by atoms with Crippen molar-refractivity contribution in [3.8, 4) is 5.75 Å². The van der Waals surface area contributed by atoms with Crippen molar-refractivity contribution < 1.29 is 4.74 Å². The van der Waals surface area contributed by atoms with Crippen LogP contribution < -0.4 is 10.5 Å². The van der Waals surface area contributed by atoms with Crippen molar-refractivity contribution in [1.82, 2.24) is 0 Å². The molecule has 2 nitrogen and oxygen atoms in total. The van der Waals surface area contributed by atoms with Gasteiger partial charge in [0.1, 0.15) is 5.75 Å². The molecule has 1 unspecified atom stereocenters. The molecule has 1 aliphatic carbocycles. The second kappa shape index (κ2) is 4.67. The summed E-state index contributed by atoms with van der Waals surface area (Å²) in [5, 5.41) is 0. The molecule has 1 aromatic rings. The molecule has 0 bridgehead atoms. The Bertz CT molecular complexity index is 320. The van der Waals surface area contributed by atoms with Gasteiger partial charge in [-0.3, -0.25) is 0 Å². The molecule has 2 N–H and O–H groups in total. The second-order valence-electron chi connectivity index (χ2n) is 4.40. The highest BCUT2D eigenvalue weighted by Crippen LogP contribution is 2.35. The summed E-state index contributed by atoms with van der Waals surface area (Å²) in [4.78, 5) is 0. The second-order valence-corrected chi connectivity index (χ2v) is 4.40. The van der Waals surface area contributed by atoms with Crippen LogP contribution in [0.25, 0.3) is 0 Å². The number of benzene rings is 1. The van der Waals surface area contributed by atoms with Crippen molar-refractivity contribution in [3.05, 3.63) is 29.8 Å². The van der Waals surface area contributed by atoms with Gasteiger partial charge in [0.2, 0.25) is 0 Å². The largest absolute Gasteiger partial charge is 0.497 e. The summed E-state index contributed by atoms with van der Waals surface area (Å²) in [5.41, 5.74) is 7.33. The Labute approximate surface area is 91.4 Å². The molecule has 1 fully saturated rings. The molecule has 0 aromatic heterocycles. The zero-order chi connectivity index (χ0) is 10.7. The van der Waals surface area contributed by atoms with Crippen LogP contribution in [0.1, 0.15) is 37.3 Å².